The van der Waals surface area contributed by atoms with Crippen LogP contribution >= 0.6 is 15.9 Å². The smallest absolute Gasteiger partial charge is 0.263 e. The summed E-state index contributed by atoms with van der Waals surface area (Å²) in [7, 11) is -3.65. The van der Waals surface area contributed by atoms with Crippen molar-refractivity contribution in [3.63, 3.8) is 0 Å². The van der Waals surface area contributed by atoms with Gasteiger partial charge in [-0.25, -0.2) is 8.42 Å². The Kier molecular flexibility index (Phi) is 4.06. The maximum Gasteiger partial charge on any atom is 0.263 e. The van der Waals surface area contributed by atoms with Crippen molar-refractivity contribution in [2.24, 2.45) is 0 Å². The number of aryl methyl sites for hydroxylation is 1. The molecule has 0 amide bonds. The fourth-order valence-electron chi connectivity index (χ4n) is 1.80. The summed E-state index contributed by atoms with van der Waals surface area (Å²) in [6.45, 7) is 3.82. The van der Waals surface area contributed by atoms with Crippen LogP contribution in [0.3, 0.4) is 0 Å². The van der Waals surface area contributed by atoms with Gasteiger partial charge in [0.05, 0.1) is 5.69 Å². The zero-order chi connectivity index (χ0) is 14.9. The third-order valence-electron chi connectivity index (χ3n) is 3.09. The number of hydrogen-bond donors (Lipinski definition) is 2. The molecular weight excluding hydrogens is 340 g/mol. The molecule has 0 spiro atoms. The van der Waals surface area contributed by atoms with Crippen LogP contribution in [0.2, 0.25) is 0 Å². The Hall–Kier alpha value is -1.53. The van der Waals surface area contributed by atoms with Gasteiger partial charge in [-0.15, -0.1) is 0 Å². The van der Waals surface area contributed by atoms with Gasteiger partial charge < -0.3 is 5.73 Å². The lowest BCUT2D eigenvalue weighted by Crippen LogP contribution is -2.14. The molecule has 0 atom stereocenters. The first kappa shape index (κ1) is 14.9. The molecule has 0 saturated carbocycles. The van der Waals surface area contributed by atoms with E-state index >= 15 is 0 Å². The Bertz CT molecular complexity index is 758. The minimum absolute atomic E-state index is 0.160. The molecule has 0 unspecified atom stereocenters. The molecule has 4 nitrogen and oxygen atoms in total. The molecule has 0 bridgehead atoms. The van der Waals surface area contributed by atoms with Gasteiger partial charge in [-0.1, -0.05) is 12.1 Å². The molecule has 0 aromatic heterocycles. The summed E-state index contributed by atoms with van der Waals surface area (Å²) in [5.41, 5.74) is 8.64. The number of benzene rings is 2. The second-order valence-electron chi connectivity index (χ2n) is 4.54. The maximum absolute atomic E-state index is 12.4. The minimum Gasteiger partial charge on any atom is -0.399 e. The average molecular weight is 355 g/mol. The molecule has 106 valence electrons. The molecular formula is C14H15BrN2O2S. The zero-order valence-corrected chi connectivity index (χ0v) is 13.5. The van der Waals surface area contributed by atoms with E-state index in [2.05, 4.69) is 20.7 Å². The van der Waals surface area contributed by atoms with E-state index in [-0.39, 0.29) is 4.90 Å². The number of nitrogens with one attached hydrogen (secondary N) is 1. The highest BCUT2D eigenvalue weighted by Gasteiger charge is 2.18. The number of anilines is 2. The summed E-state index contributed by atoms with van der Waals surface area (Å²) in [4.78, 5) is 0.160. The van der Waals surface area contributed by atoms with Crippen LogP contribution in [0.5, 0.6) is 0 Å². The molecule has 6 heteroatoms. The number of hydrogen-bond acceptors (Lipinski definition) is 3. The third kappa shape index (κ3) is 2.96. The van der Waals surface area contributed by atoms with Crippen LogP contribution in [0.4, 0.5) is 11.4 Å². The lowest BCUT2D eigenvalue weighted by molar-refractivity contribution is 0.600. The molecule has 0 heterocycles. The average Bonchev–Trinajstić information content (AvgIpc) is 2.34. The summed E-state index contributed by atoms with van der Waals surface area (Å²) in [5.74, 6) is 0. The normalized spacial score (nSPS) is 11.3. The molecule has 2 rings (SSSR count). The van der Waals surface area contributed by atoms with E-state index in [9.17, 15) is 8.42 Å². The fraction of sp³-hybridized carbons (Fsp3) is 0.143. The molecule has 0 aliphatic heterocycles. The molecule has 0 fully saturated rings. The topological polar surface area (TPSA) is 72.2 Å². The number of nitrogen functional groups attached to an aromatic ring is 1. The van der Waals surface area contributed by atoms with Crippen LogP contribution in [-0.2, 0) is 10.0 Å². The quantitative estimate of drug-likeness (QED) is 0.829. The molecule has 3 N–H and O–H groups in total. The molecule has 2 aromatic rings. The number of nitrogens with two attached hydrogens (primary N) is 1. The van der Waals surface area contributed by atoms with E-state index in [1.54, 1.807) is 18.2 Å². The van der Waals surface area contributed by atoms with Crippen molar-refractivity contribution in [1.82, 2.24) is 0 Å². The van der Waals surface area contributed by atoms with Crippen LogP contribution in [0.1, 0.15) is 11.1 Å². The van der Waals surface area contributed by atoms with Crippen molar-refractivity contribution in [2.45, 2.75) is 18.7 Å². The second-order valence-corrected chi connectivity index (χ2v) is 7.05. The Morgan fingerprint density at radius 1 is 1.15 bits per heavy atom. The van der Waals surface area contributed by atoms with Crippen LogP contribution in [-0.4, -0.2) is 8.42 Å². The molecule has 20 heavy (non-hydrogen) atoms. The molecule has 0 saturated heterocycles. The van der Waals surface area contributed by atoms with Gasteiger partial charge in [0, 0.05) is 10.2 Å². The van der Waals surface area contributed by atoms with E-state index in [1.807, 2.05) is 26.0 Å². The Labute approximate surface area is 127 Å². The van der Waals surface area contributed by atoms with E-state index in [0.717, 1.165) is 11.1 Å². The fourth-order valence-corrected chi connectivity index (χ4v) is 4.02. The first-order chi connectivity index (χ1) is 9.31. The summed E-state index contributed by atoms with van der Waals surface area (Å²) < 4.78 is 27.9. The first-order valence-corrected chi connectivity index (χ1v) is 8.23. The van der Waals surface area contributed by atoms with Crippen LogP contribution in [0, 0.1) is 13.8 Å². The van der Waals surface area contributed by atoms with Gasteiger partial charge in [-0.3, -0.25) is 4.72 Å². The predicted octanol–water partition coefficient (Wildman–Crippen LogP) is 3.45. The standard InChI is InChI=1S/C14H15BrN2O2S/c1-9-4-3-5-13(10(9)2)17-20(18,19)14-7-6-11(16)8-12(14)15/h3-8,17H,16H2,1-2H3. The lowest BCUT2D eigenvalue weighted by Gasteiger charge is -2.13. The molecule has 0 aliphatic rings. The second kappa shape index (κ2) is 5.46. The number of rotatable bonds is 3. The van der Waals surface area contributed by atoms with Crippen molar-refractivity contribution in [2.75, 3.05) is 10.5 Å². The van der Waals surface area contributed by atoms with Crippen LogP contribution in [0.15, 0.2) is 45.8 Å². The summed E-state index contributed by atoms with van der Waals surface area (Å²) in [5, 5.41) is 0. The van der Waals surface area contributed by atoms with Crippen molar-refractivity contribution < 1.29 is 8.42 Å². The van der Waals surface area contributed by atoms with E-state index in [1.165, 1.54) is 6.07 Å². The molecule has 0 radical (unpaired) electrons. The van der Waals surface area contributed by atoms with Crippen LogP contribution in [0.25, 0.3) is 0 Å². The Morgan fingerprint density at radius 2 is 1.85 bits per heavy atom. The van der Waals surface area contributed by atoms with E-state index in [4.69, 9.17) is 5.73 Å². The zero-order valence-electron chi connectivity index (χ0n) is 11.1. The largest absolute Gasteiger partial charge is 0.399 e. The van der Waals surface area contributed by atoms with Gasteiger partial charge in [-0.05, 0) is 65.2 Å². The number of halogens is 1. The number of sulfonamides is 1. The predicted molar refractivity (Wildman–Crippen MR) is 85.3 cm³/mol. The highest BCUT2D eigenvalue weighted by Crippen LogP contribution is 2.27. The van der Waals surface area contributed by atoms with Gasteiger partial charge in [0.15, 0.2) is 0 Å². The SMILES string of the molecule is Cc1cccc(NS(=O)(=O)c2ccc(N)cc2Br)c1C. The van der Waals surface area contributed by atoms with Crippen molar-refractivity contribution >= 4 is 37.3 Å². The minimum atomic E-state index is -3.65. The van der Waals surface area contributed by atoms with Gasteiger partial charge >= 0.3 is 0 Å². The first-order valence-electron chi connectivity index (χ1n) is 5.95. The van der Waals surface area contributed by atoms with Gasteiger partial charge in [-0.2, -0.15) is 0 Å². The van der Waals surface area contributed by atoms with Gasteiger partial charge in [0.25, 0.3) is 10.0 Å². The summed E-state index contributed by atoms with van der Waals surface area (Å²) >= 11 is 3.23. The van der Waals surface area contributed by atoms with Gasteiger partial charge in [0.1, 0.15) is 4.90 Å². The summed E-state index contributed by atoms with van der Waals surface area (Å²) in [6, 6.07) is 10.1. The Morgan fingerprint density at radius 3 is 2.50 bits per heavy atom. The van der Waals surface area contributed by atoms with E-state index < -0.39 is 10.0 Å². The third-order valence-corrected chi connectivity index (χ3v) is 5.44. The maximum atomic E-state index is 12.4. The van der Waals surface area contributed by atoms with E-state index in [0.29, 0.717) is 15.8 Å². The van der Waals surface area contributed by atoms with Gasteiger partial charge in [0.2, 0.25) is 0 Å². The molecule has 0 aliphatic carbocycles. The van der Waals surface area contributed by atoms with Crippen molar-refractivity contribution in [3.05, 3.63) is 52.0 Å². The van der Waals surface area contributed by atoms with Crippen LogP contribution < -0.4 is 10.5 Å². The summed E-state index contributed by atoms with van der Waals surface area (Å²) in [6.07, 6.45) is 0. The highest BCUT2D eigenvalue weighted by molar-refractivity contribution is 9.10. The lowest BCUT2D eigenvalue weighted by atomic mass is 10.1. The highest BCUT2D eigenvalue weighted by atomic mass is 79.9. The Balaban J connectivity index is 2.44. The monoisotopic (exact) mass is 354 g/mol. The van der Waals surface area contributed by atoms with Crippen molar-refractivity contribution in [3.8, 4) is 0 Å². The molecule has 2 aromatic carbocycles. The van der Waals surface area contributed by atoms with Crippen molar-refractivity contribution in [1.29, 1.82) is 0 Å².